The fourth-order valence-electron chi connectivity index (χ4n) is 3.25. The van der Waals surface area contributed by atoms with Gasteiger partial charge in [0.2, 0.25) is 5.91 Å². The number of hydrogen-bond acceptors (Lipinski definition) is 8. The van der Waals surface area contributed by atoms with Gasteiger partial charge in [-0.25, -0.2) is 24.3 Å². The number of thiocarbonyl (C=S) groups is 1. The minimum Gasteiger partial charge on any atom is -0.473 e. The summed E-state index contributed by atoms with van der Waals surface area (Å²) in [5, 5.41) is 4.78. The number of ether oxygens (including phenoxy) is 1. The maximum atomic E-state index is 11.7. The maximum absolute atomic E-state index is 11.7. The van der Waals surface area contributed by atoms with Crippen LogP contribution in [-0.2, 0) is 38.6 Å². The Kier molecular flexibility index (Phi) is 10.6. The van der Waals surface area contributed by atoms with Crippen molar-refractivity contribution >= 4 is 79.3 Å². The molecule has 2 aromatic carbocycles. The number of aryl methyl sites for hydroxylation is 2. The topological polar surface area (TPSA) is 115 Å². The van der Waals surface area contributed by atoms with E-state index in [0.717, 1.165) is 33.8 Å². The first-order valence-electron chi connectivity index (χ1n) is 10.3. The number of nitrogens with zero attached hydrogens (tertiary/aromatic N) is 2. The molecular weight excluding hydrogens is 619 g/mol. The van der Waals surface area contributed by atoms with Crippen LogP contribution in [0.25, 0.3) is 0 Å². The van der Waals surface area contributed by atoms with E-state index in [1.54, 1.807) is 24.3 Å². The Labute approximate surface area is 231 Å². The SMILES string of the molecule is COC(=S)N(N)c1ccc(CCc2nc(NC(C)=O)sc2Cc2ccc(S(C)(=O)=O)cc2)cc1.I. The van der Waals surface area contributed by atoms with Crippen LogP contribution in [0, 0.1) is 0 Å². The van der Waals surface area contributed by atoms with Gasteiger partial charge in [-0.3, -0.25) is 4.79 Å². The van der Waals surface area contributed by atoms with E-state index in [4.69, 9.17) is 22.8 Å². The molecule has 188 valence electrons. The highest BCUT2D eigenvalue weighted by Gasteiger charge is 2.14. The van der Waals surface area contributed by atoms with Crippen molar-refractivity contribution in [2.75, 3.05) is 23.7 Å². The fourth-order valence-corrected chi connectivity index (χ4v) is 5.07. The Balaban J connectivity index is 0.00000432. The van der Waals surface area contributed by atoms with Crippen molar-refractivity contribution in [1.82, 2.24) is 4.98 Å². The van der Waals surface area contributed by atoms with Crippen molar-refractivity contribution in [3.05, 3.63) is 70.2 Å². The molecule has 0 saturated carbocycles. The molecule has 12 heteroatoms. The van der Waals surface area contributed by atoms with Crippen molar-refractivity contribution in [3.8, 4) is 0 Å². The first kappa shape index (κ1) is 29.1. The standard InChI is InChI=1S/C23H26N4O4S3.HI/c1-15(28)25-22-26-20(13-8-16-4-9-18(10-5-16)27(24)23(32)31-2)21(33-22)14-17-6-11-19(12-7-17)34(3,29)30;/h4-7,9-12H,8,13-14,24H2,1-3H3,(H,25,26,28);1H. The largest absolute Gasteiger partial charge is 0.473 e. The normalized spacial score (nSPS) is 10.9. The van der Waals surface area contributed by atoms with E-state index in [1.807, 2.05) is 24.3 Å². The summed E-state index contributed by atoms with van der Waals surface area (Å²) < 4.78 is 28.4. The van der Waals surface area contributed by atoms with Gasteiger partial charge in [-0.15, -0.1) is 35.3 Å². The molecule has 1 heterocycles. The lowest BCUT2D eigenvalue weighted by molar-refractivity contribution is -0.114. The lowest BCUT2D eigenvalue weighted by atomic mass is 10.0. The van der Waals surface area contributed by atoms with Gasteiger partial charge in [-0.05, 0) is 60.5 Å². The highest BCUT2D eigenvalue weighted by Crippen LogP contribution is 2.28. The number of aromatic nitrogens is 1. The van der Waals surface area contributed by atoms with E-state index in [2.05, 4.69) is 10.3 Å². The van der Waals surface area contributed by atoms with Crippen LogP contribution in [0.15, 0.2) is 53.4 Å². The molecule has 0 saturated heterocycles. The second-order valence-electron chi connectivity index (χ2n) is 7.67. The van der Waals surface area contributed by atoms with E-state index in [-0.39, 0.29) is 40.0 Å². The molecule has 3 N–H and O–H groups in total. The number of thiazole rings is 1. The van der Waals surface area contributed by atoms with Gasteiger partial charge in [-0.1, -0.05) is 24.3 Å². The third-order valence-corrected chi connectivity index (χ3v) is 7.52. The number of anilines is 2. The third-order valence-electron chi connectivity index (χ3n) is 5.01. The van der Waals surface area contributed by atoms with Crippen molar-refractivity contribution in [3.63, 3.8) is 0 Å². The summed E-state index contributed by atoms with van der Waals surface area (Å²) in [5.41, 5.74) is 3.67. The highest BCUT2D eigenvalue weighted by atomic mass is 127. The molecular formula is C23H27IN4O4S3. The Hall–Kier alpha value is -2.13. The zero-order valence-electron chi connectivity index (χ0n) is 19.5. The number of rotatable bonds is 8. The second-order valence-corrected chi connectivity index (χ2v) is 11.1. The number of benzene rings is 2. The number of amides is 1. The molecule has 0 radical (unpaired) electrons. The molecule has 3 rings (SSSR count). The predicted octanol–water partition coefficient (Wildman–Crippen LogP) is 4.11. The summed E-state index contributed by atoms with van der Waals surface area (Å²) in [6, 6.07) is 14.5. The average molecular weight is 647 g/mol. The van der Waals surface area contributed by atoms with Crippen LogP contribution >= 0.6 is 47.5 Å². The molecule has 8 nitrogen and oxygen atoms in total. The van der Waals surface area contributed by atoms with Crippen molar-refractivity contribution < 1.29 is 17.9 Å². The number of sulfone groups is 1. The van der Waals surface area contributed by atoms with E-state index >= 15 is 0 Å². The Morgan fingerprint density at radius 1 is 1.11 bits per heavy atom. The van der Waals surface area contributed by atoms with Crippen LogP contribution in [0.3, 0.4) is 0 Å². The van der Waals surface area contributed by atoms with Gasteiger partial charge in [0.25, 0.3) is 5.17 Å². The molecule has 0 bridgehead atoms. The molecule has 0 unspecified atom stereocenters. The summed E-state index contributed by atoms with van der Waals surface area (Å²) in [6.07, 6.45) is 3.19. The zero-order chi connectivity index (χ0) is 24.9. The Morgan fingerprint density at radius 2 is 1.71 bits per heavy atom. The zero-order valence-corrected chi connectivity index (χ0v) is 24.3. The van der Waals surface area contributed by atoms with Gasteiger partial charge in [-0.2, -0.15) is 0 Å². The maximum Gasteiger partial charge on any atom is 0.278 e. The molecule has 0 aliphatic carbocycles. The first-order chi connectivity index (χ1) is 16.1. The summed E-state index contributed by atoms with van der Waals surface area (Å²) in [5.74, 6) is 5.74. The monoisotopic (exact) mass is 646 g/mol. The van der Waals surface area contributed by atoms with Crippen molar-refractivity contribution in [2.45, 2.75) is 31.1 Å². The van der Waals surface area contributed by atoms with Crippen LogP contribution in [0.1, 0.15) is 28.6 Å². The van der Waals surface area contributed by atoms with Gasteiger partial charge in [0.15, 0.2) is 15.0 Å². The van der Waals surface area contributed by atoms with Gasteiger partial charge in [0.1, 0.15) is 0 Å². The summed E-state index contributed by atoms with van der Waals surface area (Å²) in [4.78, 5) is 17.5. The number of hydrogen-bond donors (Lipinski definition) is 2. The Morgan fingerprint density at radius 3 is 2.26 bits per heavy atom. The van der Waals surface area contributed by atoms with Gasteiger partial charge >= 0.3 is 0 Å². The lowest BCUT2D eigenvalue weighted by Gasteiger charge is -2.17. The van der Waals surface area contributed by atoms with Gasteiger partial charge in [0, 0.05) is 24.5 Å². The molecule has 0 atom stereocenters. The van der Waals surface area contributed by atoms with Crippen LogP contribution < -0.4 is 16.2 Å². The van der Waals surface area contributed by atoms with E-state index in [1.165, 1.54) is 36.6 Å². The molecule has 0 aliphatic rings. The Bertz CT molecular complexity index is 1280. The molecule has 1 amide bonds. The summed E-state index contributed by atoms with van der Waals surface area (Å²) in [6.45, 7) is 1.45. The van der Waals surface area contributed by atoms with Crippen molar-refractivity contribution in [2.24, 2.45) is 5.84 Å². The number of nitrogens with one attached hydrogen (secondary N) is 1. The molecule has 0 spiro atoms. The second kappa shape index (κ2) is 12.7. The van der Waals surface area contributed by atoms with Crippen molar-refractivity contribution in [1.29, 1.82) is 0 Å². The smallest absolute Gasteiger partial charge is 0.278 e. The number of carbonyl (C=O) groups is 1. The minimum atomic E-state index is -3.25. The fraction of sp³-hybridized carbons (Fsp3) is 0.261. The molecule has 1 aromatic heterocycles. The number of methoxy groups -OCH3 is 1. The van der Waals surface area contributed by atoms with E-state index in [9.17, 15) is 13.2 Å². The van der Waals surface area contributed by atoms with Crippen LogP contribution in [0.5, 0.6) is 0 Å². The average Bonchev–Trinajstić information content (AvgIpc) is 3.16. The summed E-state index contributed by atoms with van der Waals surface area (Å²) >= 11 is 6.47. The third kappa shape index (κ3) is 8.20. The summed E-state index contributed by atoms with van der Waals surface area (Å²) in [7, 11) is -1.78. The quantitative estimate of drug-likeness (QED) is 0.163. The number of hydrazine groups is 1. The molecule has 0 aliphatic heterocycles. The molecule has 0 fully saturated rings. The number of halogens is 1. The number of carbonyl (C=O) groups excluding carboxylic acids is 1. The van der Waals surface area contributed by atoms with Crippen LogP contribution in [0.2, 0.25) is 0 Å². The van der Waals surface area contributed by atoms with Gasteiger partial charge < -0.3 is 10.1 Å². The van der Waals surface area contributed by atoms with E-state index in [0.29, 0.717) is 18.0 Å². The van der Waals surface area contributed by atoms with Crippen LogP contribution in [0.4, 0.5) is 10.8 Å². The highest BCUT2D eigenvalue weighted by molar-refractivity contribution is 14.0. The minimum absolute atomic E-state index is 0. The predicted molar refractivity (Wildman–Crippen MR) is 154 cm³/mol. The number of nitrogens with two attached hydrogens (primary N) is 1. The van der Waals surface area contributed by atoms with Crippen LogP contribution in [-0.4, -0.2) is 37.8 Å². The first-order valence-corrected chi connectivity index (χ1v) is 13.5. The molecule has 35 heavy (non-hydrogen) atoms. The lowest BCUT2D eigenvalue weighted by Crippen LogP contribution is -2.37. The molecule has 3 aromatic rings. The van der Waals surface area contributed by atoms with E-state index < -0.39 is 9.84 Å². The van der Waals surface area contributed by atoms with Gasteiger partial charge in [0.05, 0.1) is 23.4 Å².